The van der Waals surface area contributed by atoms with Crippen molar-refractivity contribution in [2.75, 3.05) is 6.61 Å². The molecular weight excluding hydrogens is 274 g/mol. The number of rotatable bonds is 6. The average Bonchev–Trinajstić information content (AvgIpc) is 2.50. The number of hydrogen-bond donors (Lipinski definition) is 1. The topological polar surface area (TPSA) is 38.3 Å². The summed E-state index contributed by atoms with van der Waals surface area (Å²) in [6.45, 7) is 7.13. The van der Waals surface area contributed by atoms with E-state index in [1.165, 1.54) is 5.56 Å². The Morgan fingerprint density at radius 3 is 2.64 bits per heavy atom. The first-order valence-corrected chi connectivity index (χ1v) is 7.63. The van der Waals surface area contributed by atoms with Crippen molar-refractivity contribution in [3.8, 4) is 5.75 Å². The van der Waals surface area contributed by atoms with E-state index >= 15 is 0 Å². The van der Waals surface area contributed by atoms with Crippen molar-refractivity contribution in [2.45, 2.75) is 33.7 Å². The maximum atomic E-state index is 12.2. The predicted octanol–water partition coefficient (Wildman–Crippen LogP) is 3.56. The molecule has 1 amide bonds. The summed E-state index contributed by atoms with van der Waals surface area (Å²) in [7, 11) is 0. The van der Waals surface area contributed by atoms with Crippen LogP contribution in [0, 0.1) is 13.8 Å². The second-order valence-electron chi connectivity index (χ2n) is 5.42. The fraction of sp³-hybridized carbons (Fsp3) is 0.316. The molecule has 0 saturated heterocycles. The molecule has 0 atom stereocenters. The van der Waals surface area contributed by atoms with Crippen molar-refractivity contribution in [3.05, 3.63) is 64.7 Å². The van der Waals surface area contributed by atoms with Gasteiger partial charge in [0.1, 0.15) is 5.75 Å². The molecule has 2 aromatic carbocycles. The molecule has 0 heterocycles. The van der Waals surface area contributed by atoms with E-state index in [0.717, 1.165) is 22.4 Å². The number of aryl methyl sites for hydroxylation is 2. The minimum Gasteiger partial charge on any atom is -0.494 e. The SMILES string of the molecule is CCOc1ccccc1CNC(=O)Cc1cc(C)ccc1C. The minimum absolute atomic E-state index is 0.0278. The fourth-order valence-corrected chi connectivity index (χ4v) is 2.37. The van der Waals surface area contributed by atoms with Crippen LogP contribution in [0.15, 0.2) is 42.5 Å². The van der Waals surface area contributed by atoms with Crippen LogP contribution in [0.25, 0.3) is 0 Å². The molecular formula is C19H23NO2. The van der Waals surface area contributed by atoms with Gasteiger partial charge in [-0.15, -0.1) is 0 Å². The Kier molecular flexibility index (Phi) is 5.59. The van der Waals surface area contributed by atoms with Crippen molar-refractivity contribution in [1.29, 1.82) is 0 Å². The Balaban J connectivity index is 1.97. The Labute approximate surface area is 132 Å². The zero-order chi connectivity index (χ0) is 15.9. The predicted molar refractivity (Wildman–Crippen MR) is 89.1 cm³/mol. The molecule has 0 aliphatic heterocycles. The van der Waals surface area contributed by atoms with Gasteiger partial charge in [-0.2, -0.15) is 0 Å². The summed E-state index contributed by atoms with van der Waals surface area (Å²) in [4.78, 5) is 12.2. The van der Waals surface area contributed by atoms with Crippen LogP contribution in [0.4, 0.5) is 0 Å². The number of carbonyl (C=O) groups is 1. The number of hydrogen-bond acceptors (Lipinski definition) is 2. The quantitative estimate of drug-likeness (QED) is 0.885. The lowest BCUT2D eigenvalue weighted by molar-refractivity contribution is -0.120. The van der Waals surface area contributed by atoms with Crippen LogP contribution in [0.1, 0.15) is 29.2 Å². The van der Waals surface area contributed by atoms with Crippen molar-refractivity contribution < 1.29 is 9.53 Å². The molecule has 3 nitrogen and oxygen atoms in total. The van der Waals surface area contributed by atoms with Crippen LogP contribution >= 0.6 is 0 Å². The first-order chi connectivity index (χ1) is 10.6. The molecule has 3 heteroatoms. The summed E-state index contributed by atoms with van der Waals surface area (Å²) < 4.78 is 5.57. The molecule has 2 rings (SSSR count). The standard InChI is InChI=1S/C19H23NO2/c1-4-22-18-8-6-5-7-16(18)13-20-19(21)12-17-11-14(2)9-10-15(17)3/h5-11H,4,12-13H2,1-3H3,(H,20,21). The highest BCUT2D eigenvalue weighted by Gasteiger charge is 2.08. The first kappa shape index (κ1) is 16.1. The van der Waals surface area contributed by atoms with Gasteiger partial charge in [0.25, 0.3) is 0 Å². The lowest BCUT2D eigenvalue weighted by atomic mass is 10.0. The molecule has 0 saturated carbocycles. The highest BCUT2D eigenvalue weighted by Crippen LogP contribution is 2.17. The monoisotopic (exact) mass is 297 g/mol. The van der Waals surface area contributed by atoms with Crippen LogP contribution in [-0.2, 0) is 17.8 Å². The van der Waals surface area contributed by atoms with Gasteiger partial charge in [-0.3, -0.25) is 4.79 Å². The smallest absolute Gasteiger partial charge is 0.224 e. The lowest BCUT2D eigenvalue weighted by Crippen LogP contribution is -2.25. The molecule has 0 radical (unpaired) electrons. The molecule has 0 aromatic heterocycles. The van der Waals surface area contributed by atoms with Crippen LogP contribution in [0.2, 0.25) is 0 Å². The first-order valence-electron chi connectivity index (χ1n) is 7.63. The number of amides is 1. The molecule has 1 N–H and O–H groups in total. The Bertz CT molecular complexity index is 650. The summed E-state index contributed by atoms with van der Waals surface area (Å²) >= 11 is 0. The van der Waals surface area contributed by atoms with E-state index in [0.29, 0.717) is 19.6 Å². The van der Waals surface area contributed by atoms with Gasteiger partial charge in [-0.25, -0.2) is 0 Å². The molecule has 0 aliphatic carbocycles. The highest BCUT2D eigenvalue weighted by molar-refractivity contribution is 5.79. The largest absolute Gasteiger partial charge is 0.494 e. The minimum atomic E-state index is 0.0278. The maximum Gasteiger partial charge on any atom is 0.224 e. The maximum absolute atomic E-state index is 12.2. The number of carbonyl (C=O) groups excluding carboxylic acids is 1. The average molecular weight is 297 g/mol. The number of para-hydroxylation sites is 1. The molecule has 0 fully saturated rings. The molecule has 116 valence electrons. The number of benzene rings is 2. The molecule has 2 aromatic rings. The van der Waals surface area contributed by atoms with Crippen LogP contribution in [0.3, 0.4) is 0 Å². The van der Waals surface area contributed by atoms with Crippen LogP contribution in [-0.4, -0.2) is 12.5 Å². The lowest BCUT2D eigenvalue weighted by Gasteiger charge is -2.12. The van der Waals surface area contributed by atoms with E-state index in [4.69, 9.17) is 4.74 Å². The third-order valence-electron chi connectivity index (χ3n) is 3.60. The van der Waals surface area contributed by atoms with Gasteiger partial charge >= 0.3 is 0 Å². The fourth-order valence-electron chi connectivity index (χ4n) is 2.37. The Hall–Kier alpha value is -2.29. The van der Waals surface area contributed by atoms with Gasteiger partial charge in [0.05, 0.1) is 13.0 Å². The van der Waals surface area contributed by atoms with Crippen molar-refractivity contribution >= 4 is 5.91 Å². The van der Waals surface area contributed by atoms with Gasteiger partial charge in [0, 0.05) is 12.1 Å². The third-order valence-corrected chi connectivity index (χ3v) is 3.60. The zero-order valence-corrected chi connectivity index (χ0v) is 13.5. The Morgan fingerprint density at radius 1 is 1.09 bits per heavy atom. The number of nitrogens with one attached hydrogen (secondary N) is 1. The van der Waals surface area contributed by atoms with Gasteiger partial charge in [-0.05, 0) is 38.0 Å². The summed E-state index contributed by atoms with van der Waals surface area (Å²) in [6, 6.07) is 14.0. The van der Waals surface area contributed by atoms with Crippen LogP contribution < -0.4 is 10.1 Å². The highest BCUT2D eigenvalue weighted by atomic mass is 16.5. The molecule has 0 aliphatic rings. The van der Waals surface area contributed by atoms with E-state index in [-0.39, 0.29) is 5.91 Å². The van der Waals surface area contributed by atoms with E-state index in [9.17, 15) is 4.79 Å². The normalized spacial score (nSPS) is 10.3. The van der Waals surface area contributed by atoms with E-state index < -0.39 is 0 Å². The van der Waals surface area contributed by atoms with Crippen molar-refractivity contribution in [2.24, 2.45) is 0 Å². The summed E-state index contributed by atoms with van der Waals surface area (Å²) in [6.07, 6.45) is 0.407. The molecule has 0 unspecified atom stereocenters. The molecule has 0 spiro atoms. The van der Waals surface area contributed by atoms with Crippen molar-refractivity contribution in [3.63, 3.8) is 0 Å². The zero-order valence-electron chi connectivity index (χ0n) is 13.5. The summed E-state index contributed by atoms with van der Waals surface area (Å²) in [5.41, 5.74) is 4.40. The summed E-state index contributed by atoms with van der Waals surface area (Å²) in [5, 5.41) is 2.97. The van der Waals surface area contributed by atoms with Gasteiger partial charge in [-0.1, -0.05) is 42.0 Å². The molecule has 0 bridgehead atoms. The number of ether oxygens (including phenoxy) is 1. The van der Waals surface area contributed by atoms with E-state index in [1.807, 2.05) is 45.0 Å². The summed E-state index contributed by atoms with van der Waals surface area (Å²) in [5.74, 6) is 0.858. The third kappa shape index (κ3) is 4.35. The molecule has 22 heavy (non-hydrogen) atoms. The second-order valence-corrected chi connectivity index (χ2v) is 5.42. The van der Waals surface area contributed by atoms with Gasteiger partial charge in [0.15, 0.2) is 0 Å². The van der Waals surface area contributed by atoms with Gasteiger partial charge in [0.2, 0.25) is 5.91 Å². The second kappa shape index (κ2) is 7.64. The van der Waals surface area contributed by atoms with Crippen LogP contribution in [0.5, 0.6) is 5.75 Å². The Morgan fingerprint density at radius 2 is 1.86 bits per heavy atom. The van der Waals surface area contributed by atoms with Gasteiger partial charge < -0.3 is 10.1 Å². The van der Waals surface area contributed by atoms with E-state index in [1.54, 1.807) is 0 Å². The van der Waals surface area contributed by atoms with E-state index in [2.05, 4.69) is 23.5 Å². The van der Waals surface area contributed by atoms with Crippen molar-refractivity contribution in [1.82, 2.24) is 5.32 Å².